The normalized spacial score (nSPS) is 55.9. The van der Waals surface area contributed by atoms with Crippen molar-refractivity contribution >= 4 is 5.78 Å². The standard InChI is InChI=1S/C20H32O3/c1-19-8-6-14-13(16(19)10-12(21)11-19)4-5-15-18(23-3)17(22)7-9-20(14,15)2/h13-18,22H,4-11H2,1-3H3/t13-,14+,15+,16+,17+,18-,19+,20-/m0/s1. The van der Waals surface area contributed by atoms with E-state index in [0.717, 1.165) is 38.0 Å². The number of aliphatic hydroxyl groups is 1. The maximum absolute atomic E-state index is 12.1. The molecule has 0 heterocycles. The fourth-order valence-electron chi connectivity index (χ4n) is 7.39. The Kier molecular flexibility index (Phi) is 3.70. The SMILES string of the molecule is CO[C@@H]1[C@H](O)CC[C@@]2(C)[C@@H]3CC[C@]4(C)CC(=O)C[C@@H]4[C@H]3CC[C@H]12. The molecule has 0 bridgehead atoms. The molecule has 0 saturated heterocycles. The smallest absolute Gasteiger partial charge is 0.133 e. The highest BCUT2D eigenvalue weighted by Gasteiger charge is 2.61. The lowest BCUT2D eigenvalue weighted by molar-refractivity contribution is -0.179. The Labute approximate surface area is 140 Å². The van der Waals surface area contributed by atoms with Gasteiger partial charge in [0.1, 0.15) is 5.78 Å². The molecule has 130 valence electrons. The number of methoxy groups -OCH3 is 1. The van der Waals surface area contributed by atoms with Gasteiger partial charge in [-0.05, 0) is 73.0 Å². The molecule has 3 heteroatoms. The van der Waals surface area contributed by atoms with Gasteiger partial charge in [0, 0.05) is 20.0 Å². The molecule has 4 aliphatic carbocycles. The number of rotatable bonds is 1. The third-order valence-electron chi connectivity index (χ3n) is 8.54. The summed E-state index contributed by atoms with van der Waals surface area (Å²) in [5.41, 5.74) is 0.562. The summed E-state index contributed by atoms with van der Waals surface area (Å²) >= 11 is 0. The number of carbonyl (C=O) groups excluding carboxylic acids is 1. The average molecular weight is 320 g/mol. The molecule has 4 saturated carbocycles. The first-order valence-electron chi connectivity index (χ1n) is 9.61. The van der Waals surface area contributed by atoms with E-state index in [-0.39, 0.29) is 23.0 Å². The Morgan fingerprint density at radius 3 is 2.57 bits per heavy atom. The topological polar surface area (TPSA) is 46.5 Å². The molecule has 0 aliphatic heterocycles. The first kappa shape index (κ1) is 16.1. The zero-order valence-corrected chi connectivity index (χ0v) is 14.9. The third-order valence-corrected chi connectivity index (χ3v) is 8.54. The van der Waals surface area contributed by atoms with Crippen molar-refractivity contribution in [2.45, 2.75) is 77.4 Å². The molecule has 0 amide bonds. The van der Waals surface area contributed by atoms with Crippen molar-refractivity contribution in [3.8, 4) is 0 Å². The van der Waals surface area contributed by atoms with Gasteiger partial charge in [0.15, 0.2) is 0 Å². The van der Waals surface area contributed by atoms with Crippen molar-refractivity contribution in [3.05, 3.63) is 0 Å². The van der Waals surface area contributed by atoms with E-state index in [1.807, 2.05) is 0 Å². The highest BCUT2D eigenvalue weighted by Crippen LogP contribution is 2.65. The van der Waals surface area contributed by atoms with Gasteiger partial charge >= 0.3 is 0 Å². The van der Waals surface area contributed by atoms with Crippen LogP contribution in [0.15, 0.2) is 0 Å². The zero-order chi connectivity index (χ0) is 16.4. The van der Waals surface area contributed by atoms with Crippen molar-refractivity contribution in [2.24, 2.45) is 34.5 Å². The third kappa shape index (κ3) is 2.18. The van der Waals surface area contributed by atoms with Gasteiger partial charge in [0.25, 0.3) is 0 Å². The van der Waals surface area contributed by atoms with Crippen LogP contribution in [0, 0.1) is 34.5 Å². The van der Waals surface area contributed by atoms with E-state index in [2.05, 4.69) is 13.8 Å². The Hall–Kier alpha value is -0.410. The van der Waals surface area contributed by atoms with Gasteiger partial charge in [-0.1, -0.05) is 13.8 Å². The summed E-state index contributed by atoms with van der Waals surface area (Å²) in [4.78, 5) is 12.1. The van der Waals surface area contributed by atoms with Crippen molar-refractivity contribution in [3.63, 3.8) is 0 Å². The van der Waals surface area contributed by atoms with Gasteiger partial charge in [-0.3, -0.25) is 4.79 Å². The molecule has 0 spiro atoms. The van der Waals surface area contributed by atoms with Crippen LogP contribution in [0.4, 0.5) is 0 Å². The number of hydrogen-bond donors (Lipinski definition) is 1. The minimum atomic E-state index is -0.295. The molecule has 4 aliphatic rings. The van der Waals surface area contributed by atoms with Gasteiger partial charge in [-0.25, -0.2) is 0 Å². The molecule has 23 heavy (non-hydrogen) atoms. The molecule has 0 radical (unpaired) electrons. The summed E-state index contributed by atoms with van der Waals surface area (Å²) < 4.78 is 5.74. The summed E-state index contributed by atoms with van der Waals surface area (Å²) in [7, 11) is 1.76. The van der Waals surface area contributed by atoms with Crippen LogP contribution < -0.4 is 0 Å². The second-order valence-corrected chi connectivity index (χ2v) is 9.49. The minimum Gasteiger partial charge on any atom is -0.390 e. The maximum atomic E-state index is 12.1. The molecular weight excluding hydrogens is 288 g/mol. The second-order valence-electron chi connectivity index (χ2n) is 9.49. The number of hydrogen-bond acceptors (Lipinski definition) is 3. The number of aliphatic hydroxyl groups excluding tert-OH is 1. The number of ketones is 1. The summed E-state index contributed by atoms with van der Waals surface area (Å²) in [6, 6.07) is 0. The van der Waals surface area contributed by atoms with E-state index in [1.165, 1.54) is 19.3 Å². The van der Waals surface area contributed by atoms with E-state index in [1.54, 1.807) is 7.11 Å². The molecule has 0 aromatic rings. The van der Waals surface area contributed by atoms with Crippen molar-refractivity contribution in [1.82, 2.24) is 0 Å². The average Bonchev–Trinajstić information content (AvgIpc) is 2.82. The van der Waals surface area contributed by atoms with E-state index < -0.39 is 0 Å². The fourth-order valence-corrected chi connectivity index (χ4v) is 7.39. The van der Waals surface area contributed by atoms with Crippen LogP contribution in [-0.2, 0) is 9.53 Å². The monoisotopic (exact) mass is 320 g/mol. The quantitative estimate of drug-likeness (QED) is 0.803. The highest BCUT2D eigenvalue weighted by atomic mass is 16.5. The highest BCUT2D eigenvalue weighted by molar-refractivity contribution is 5.82. The Balaban J connectivity index is 1.64. The molecule has 1 N–H and O–H groups in total. The second kappa shape index (κ2) is 5.29. The van der Waals surface area contributed by atoms with Crippen molar-refractivity contribution in [1.29, 1.82) is 0 Å². The summed E-state index contributed by atoms with van der Waals surface area (Å²) in [5.74, 6) is 3.03. The van der Waals surface area contributed by atoms with Gasteiger partial charge in [-0.2, -0.15) is 0 Å². The maximum Gasteiger partial charge on any atom is 0.133 e. The molecule has 3 nitrogen and oxygen atoms in total. The van der Waals surface area contributed by atoms with Crippen molar-refractivity contribution in [2.75, 3.05) is 7.11 Å². The lowest BCUT2D eigenvalue weighted by Crippen LogP contribution is -2.58. The largest absolute Gasteiger partial charge is 0.390 e. The zero-order valence-electron chi connectivity index (χ0n) is 14.9. The van der Waals surface area contributed by atoms with E-state index >= 15 is 0 Å². The molecule has 4 fully saturated rings. The van der Waals surface area contributed by atoms with Crippen LogP contribution >= 0.6 is 0 Å². The molecule has 0 aromatic heterocycles. The van der Waals surface area contributed by atoms with Gasteiger partial charge in [0.2, 0.25) is 0 Å². The number of carbonyl (C=O) groups is 1. The number of ether oxygens (including phenoxy) is 1. The van der Waals surface area contributed by atoms with Gasteiger partial charge in [-0.15, -0.1) is 0 Å². The van der Waals surface area contributed by atoms with Gasteiger partial charge < -0.3 is 9.84 Å². The number of fused-ring (bicyclic) bond motifs is 5. The molecule has 8 atom stereocenters. The van der Waals surface area contributed by atoms with Crippen LogP contribution in [0.2, 0.25) is 0 Å². The molecule has 0 aromatic carbocycles. The first-order valence-corrected chi connectivity index (χ1v) is 9.61. The van der Waals surface area contributed by atoms with E-state index in [0.29, 0.717) is 23.5 Å². The van der Waals surface area contributed by atoms with Crippen LogP contribution in [0.1, 0.15) is 65.2 Å². The Bertz CT molecular complexity index is 503. The molecular formula is C20H32O3. The van der Waals surface area contributed by atoms with Crippen LogP contribution in [0.5, 0.6) is 0 Å². The first-order chi connectivity index (χ1) is 10.9. The van der Waals surface area contributed by atoms with Crippen LogP contribution in [0.3, 0.4) is 0 Å². The summed E-state index contributed by atoms with van der Waals surface area (Å²) in [6.07, 6.45) is 8.23. The summed E-state index contributed by atoms with van der Waals surface area (Å²) in [5, 5.41) is 10.4. The van der Waals surface area contributed by atoms with E-state index in [9.17, 15) is 9.90 Å². The summed E-state index contributed by atoms with van der Waals surface area (Å²) in [6.45, 7) is 4.83. The Morgan fingerprint density at radius 2 is 1.83 bits per heavy atom. The lowest BCUT2D eigenvalue weighted by Gasteiger charge is -2.61. The molecule has 0 unspecified atom stereocenters. The van der Waals surface area contributed by atoms with Crippen LogP contribution in [-0.4, -0.2) is 30.2 Å². The van der Waals surface area contributed by atoms with Crippen LogP contribution in [0.25, 0.3) is 0 Å². The number of Topliss-reactive ketones (excluding diaryl/α,β-unsaturated/α-hetero) is 1. The van der Waals surface area contributed by atoms with E-state index in [4.69, 9.17) is 4.74 Å². The fraction of sp³-hybridized carbons (Fsp3) is 0.950. The van der Waals surface area contributed by atoms with Crippen molar-refractivity contribution < 1.29 is 14.6 Å². The van der Waals surface area contributed by atoms with Gasteiger partial charge in [0.05, 0.1) is 12.2 Å². The molecule has 4 rings (SSSR count). The predicted octanol–water partition coefficient (Wildman–Crippen LogP) is 3.58. The lowest BCUT2D eigenvalue weighted by atomic mass is 9.45. The minimum absolute atomic E-state index is 0.00761. The Morgan fingerprint density at radius 1 is 1.04 bits per heavy atom. The predicted molar refractivity (Wildman–Crippen MR) is 88.9 cm³/mol.